The summed E-state index contributed by atoms with van der Waals surface area (Å²) in [6, 6.07) is 14.7. The summed E-state index contributed by atoms with van der Waals surface area (Å²) in [5.74, 6) is -0.408. The number of Topliss-reactive ketones (excluding diaryl/α,β-unsaturated/α-hetero) is 1. The summed E-state index contributed by atoms with van der Waals surface area (Å²) >= 11 is 0. The number of ketones is 1. The molecule has 3 aromatic heterocycles. The second-order valence-electron chi connectivity index (χ2n) is 9.86. The smallest absolute Gasteiger partial charge is 0.255 e. The van der Waals surface area contributed by atoms with Crippen molar-refractivity contribution in [2.24, 2.45) is 0 Å². The Kier molecular flexibility index (Phi) is 6.38. The van der Waals surface area contributed by atoms with Crippen molar-refractivity contribution < 1.29 is 19.1 Å². The van der Waals surface area contributed by atoms with E-state index in [9.17, 15) is 19.1 Å². The molecule has 1 aromatic carbocycles. The number of nitrogens with zero attached hydrogens (tertiary/aromatic N) is 4. The average Bonchev–Trinajstić information content (AvgIpc) is 3.48. The third-order valence-electron chi connectivity index (χ3n) is 6.51. The van der Waals surface area contributed by atoms with Crippen molar-refractivity contribution in [1.29, 1.82) is 5.26 Å². The molecule has 0 aliphatic heterocycles. The first-order valence-corrected chi connectivity index (χ1v) is 12.1. The van der Waals surface area contributed by atoms with Crippen LogP contribution in [0.4, 0.5) is 15.8 Å². The fraction of sp³-hybridized carbons (Fsp3) is 0.250. The largest absolute Gasteiger partial charge is 0.387 e. The van der Waals surface area contributed by atoms with Crippen LogP contribution in [0.1, 0.15) is 40.9 Å². The predicted octanol–water partition coefficient (Wildman–Crippen LogP) is 3.52. The van der Waals surface area contributed by atoms with Crippen LogP contribution in [0.3, 0.4) is 0 Å². The van der Waals surface area contributed by atoms with Gasteiger partial charge >= 0.3 is 0 Å². The van der Waals surface area contributed by atoms with Crippen molar-refractivity contribution in [3.05, 3.63) is 77.1 Å². The van der Waals surface area contributed by atoms with Gasteiger partial charge in [0.1, 0.15) is 18.0 Å². The average molecular weight is 513 g/mol. The van der Waals surface area contributed by atoms with Crippen LogP contribution in [-0.2, 0) is 17.6 Å². The second kappa shape index (κ2) is 9.68. The molecule has 0 bridgehead atoms. The minimum absolute atomic E-state index is 0.156. The molecule has 0 spiro atoms. The van der Waals surface area contributed by atoms with Crippen molar-refractivity contribution in [3.8, 4) is 17.5 Å². The Morgan fingerprint density at radius 3 is 2.74 bits per heavy atom. The summed E-state index contributed by atoms with van der Waals surface area (Å²) in [5.41, 5.74) is 3.87. The molecule has 0 unspecified atom stereocenters. The molecule has 192 valence electrons. The number of pyridine rings is 1. The molecular formula is C28H25FN6O3. The molecule has 1 aliphatic rings. The highest BCUT2D eigenvalue weighted by atomic mass is 19.1. The molecule has 38 heavy (non-hydrogen) atoms. The van der Waals surface area contributed by atoms with Crippen LogP contribution in [0.2, 0.25) is 0 Å². The maximum Gasteiger partial charge on any atom is 0.255 e. The number of rotatable bonds is 7. The maximum absolute atomic E-state index is 14.3. The first-order chi connectivity index (χ1) is 18.1. The number of hydrogen-bond donors (Lipinski definition) is 3. The zero-order valence-electron chi connectivity index (χ0n) is 20.8. The summed E-state index contributed by atoms with van der Waals surface area (Å²) in [5, 5.41) is 29.2. The van der Waals surface area contributed by atoms with Gasteiger partial charge in [-0.15, -0.1) is 0 Å². The Morgan fingerprint density at radius 1 is 1.18 bits per heavy atom. The number of fused-ring (bicyclic) bond motifs is 2. The number of anilines is 2. The van der Waals surface area contributed by atoms with Crippen LogP contribution in [-0.4, -0.2) is 49.7 Å². The molecule has 0 saturated heterocycles. The number of halogens is 1. The topological polar surface area (TPSA) is 132 Å². The molecule has 1 aliphatic carbocycles. The Hall–Kier alpha value is -4.62. The minimum atomic E-state index is -1.67. The van der Waals surface area contributed by atoms with Gasteiger partial charge in [-0.1, -0.05) is 6.07 Å². The predicted molar refractivity (Wildman–Crippen MR) is 139 cm³/mol. The summed E-state index contributed by atoms with van der Waals surface area (Å²) in [4.78, 5) is 29.4. The molecule has 10 heteroatoms. The van der Waals surface area contributed by atoms with Crippen molar-refractivity contribution in [3.63, 3.8) is 0 Å². The molecule has 3 heterocycles. The highest BCUT2D eigenvalue weighted by molar-refractivity contribution is 6.00. The lowest BCUT2D eigenvalue weighted by Gasteiger charge is -2.22. The van der Waals surface area contributed by atoms with Crippen LogP contribution in [0, 0.1) is 11.3 Å². The van der Waals surface area contributed by atoms with E-state index in [4.69, 9.17) is 5.26 Å². The molecule has 0 radical (unpaired) electrons. The summed E-state index contributed by atoms with van der Waals surface area (Å²) < 4.78 is 15.9. The molecule has 9 nitrogen and oxygen atoms in total. The van der Waals surface area contributed by atoms with E-state index in [1.165, 1.54) is 26.2 Å². The maximum atomic E-state index is 14.3. The van der Waals surface area contributed by atoms with E-state index in [1.54, 1.807) is 16.6 Å². The molecule has 4 aromatic rings. The number of hydrogen-bond acceptors (Lipinski definition) is 7. The highest BCUT2D eigenvalue weighted by Gasteiger charge is 2.27. The van der Waals surface area contributed by atoms with Crippen molar-refractivity contribution in [1.82, 2.24) is 19.9 Å². The van der Waals surface area contributed by atoms with Gasteiger partial charge in [0.2, 0.25) is 0 Å². The normalized spacial score (nSPS) is 13.7. The Labute approximate surface area is 217 Å². The number of nitriles is 1. The van der Waals surface area contributed by atoms with Crippen LogP contribution in [0.5, 0.6) is 0 Å². The van der Waals surface area contributed by atoms with Gasteiger partial charge in [0.15, 0.2) is 0 Å². The van der Waals surface area contributed by atoms with Crippen molar-refractivity contribution in [2.45, 2.75) is 38.5 Å². The molecule has 0 saturated carbocycles. The summed E-state index contributed by atoms with van der Waals surface area (Å²) in [6.45, 7) is 2.29. The number of aliphatic hydroxyl groups is 1. The lowest BCUT2D eigenvalue weighted by atomic mass is 10.0. The van der Waals surface area contributed by atoms with E-state index in [1.807, 2.05) is 30.3 Å². The Morgan fingerprint density at radius 2 is 1.97 bits per heavy atom. The standard InChI is InChI=1S/C28H25FN6O3/c1-28(2,38)26(29)15-32-27(37)22-14-31-24(25-6-5-20-7-16(12-30)13-33-35(20)25)11-23(22)34-19-4-3-17-9-21(36)10-18(17)8-19/h3-8,11,13-14,26,38H,9-10,15H2,1-2H3,(H,31,34)(H,32,37)/t26-/m1/s1. The van der Waals surface area contributed by atoms with Gasteiger partial charge in [-0.25, -0.2) is 8.91 Å². The van der Waals surface area contributed by atoms with E-state index in [0.29, 0.717) is 46.7 Å². The van der Waals surface area contributed by atoms with Gasteiger partial charge in [0.25, 0.3) is 5.91 Å². The van der Waals surface area contributed by atoms with E-state index in [2.05, 4.69) is 26.8 Å². The van der Waals surface area contributed by atoms with Gasteiger partial charge in [-0.3, -0.25) is 14.6 Å². The van der Waals surface area contributed by atoms with Crippen LogP contribution < -0.4 is 10.6 Å². The molecule has 0 fully saturated rings. The number of carbonyl (C=O) groups excluding carboxylic acids is 2. The zero-order valence-corrected chi connectivity index (χ0v) is 20.8. The van der Waals surface area contributed by atoms with Gasteiger partial charge in [-0.2, -0.15) is 10.4 Å². The lowest BCUT2D eigenvalue weighted by molar-refractivity contribution is -0.117. The van der Waals surface area contributed by atoms with Gasteiger partial charge in [0, 0.05) is 24.7 Å². The van der Waals surface area contributed by atoms with Crippen LogP contribution in [0.25, 0.3) is 16.9 Å². The van der Waals surface area contributed by atoms with Crippen LogP contribution in [0.15, 0.2) is 54.9 Å². The zero-order chi connectivity index (χ0) is 27.0. The number of alkyl halides is 1. The lowest BCUT2D eigenvalue weighted by Crippen LogP contribution is -2.42. The van der Waals surface area contributed by atoms with Crippen molar-refractivity contribution >= 4 is 28.6 Å². The quantitative estimate of drug-likeness (QED) is 0.345. The van der Waals surface area contributed by atoms with E-state index in [0.717, 1.165) is 11.1 Å². The summed E-state index contributed by atoms with van der Waals surface area (Å²) in [6.07, 6.45) is 1.96. The van der Waals surface area contributed by atoms with Crippen LogP contribution >= 0.6 is 0 Å². The number of carbonyl (C=O) groups is 2. The third-order valence-corrected chi connectivity index (χ3v) is 6.51. The van der Waals surface area contributed by atoms with E-state index >= 15 is 0 Å². The molecule has 1 atom stereocenters. The second-order valence-corrected chi connectivity index (χ2v) is 9.86. The minimum Gasteiger partial charge on any atom is -0.387 e. The first-order valence-electron chi connectivity index (χ1n) is 12.1. The molecular weight excluding hydrogens is 487 g/mol. The number of amides is 1. The van der Waals surface area contributed by atoms with Gasteiger partial charge in [0.05, 0.1) is 52.1 Å². The molecule has 1 amide bonds. The monoisotopic (exact) mass is 512 g/mol. The van der Waals surface area contributed by atoms with E-state index in [-0.39, 0.29) is 17.9 Å². The Bertz CT molecular complexity index is 1620. The molecule has 3 N–H and O–H groups in total. The third kappa shape index (κ3) is 4.96. The fourth-order valence-corrected chi connectivity index (χ4v) is 4.34. The molecule has 5 rings (SSSR count). The fourth-order valence-electron chi connectivity index (χ4n) is 4.34. The number of nitrogens with one attached hydrogen (secondary N) is 2. The van der Waals surface area contributed by atoms with E-state index < -0.39 is 17.7 Å². The van der Waals surface area contributed by atoms with Crippen molar-refractivity contribution in [2.75, 3.05) is 11.9 Å². The highest BCUT2D eigenvalue weighted by Crippen LogP contribution is 2.30. The first kappa shape index (κ1) is 25.0. The number of aromatic nitrogens is 3. The SMILES string of the molecule is CC(C)(O)[C@H](F)CNC(=O)c1cnc(-c2ccc3cc(C#N)cnn23)cc1Nc1ccc2c(c1)CC(=O)C2. The summed E-state index contributed by atoms with van der Waals surface area (Å²) in [7, 11) is 0. The van der Waals surface area contributed by atoms with Gasteiger partial charge in [-0.05, 0) is 61.4 Å². The Balaban J connectivity index is 1.51. The number of benzene rings is 1. The van der Waals surface area contributed by atoms with Gasteiger partial charge < -0.3 is 15.7 Å².